The lowest BCUT2D eigenvalue weighted by molar-refractivity contribution is -0.125. The number of likely N-dealkylation sites (tertiary alicyclic amines) is 1. The minimum absolute atomic E-state index is 0.0550. The van der Waals surface area contributed by atoms with Crippen molar-refractivity contribution in [3.05, 3.63) is 53.4 Å². The summed E-state index contributed by atoms with van der Waals surface area (Å²) in [5, 5.41) is 4.88. The van der Waals surface area contributed by atoms with Crippen molar-refractivity contribution >= 4 is 28.4 Å². The standard InChI is InChI=1S/C26H25F2N5O4/c1-5-18(34)16-12-30-26(29)22-17(8-7-15-23(27)19(36-3)11-20(37-4)24(15)28)31-33(25(16)22)14-9-10-32(13-14)21(35)6-2/h6,11-12,14H,2,5,9-10,13H2,1,3-4H3,(H2,29,30). The van der Waals surface area contributed by atoms with Crippen molar-refractivity contribution in [3.63, 3.8) is 0 Å². The molecule has 0 saturated carbocycles. The van der Waals surface area contributed by atoms with E-state index in [1.54, 1.807) is 16.5 Å². The highest BCUT2D eigenvalue weighted by Gasteiger charge is 2.31. The number of benzene rings is 1. The zero-order valence-corrected chi connectivity index (χ0v) is 20.6. The van der Waals surface area contributed by atoms with Gasteiger partial charge in [-0.1, -0.05) is 19.4 Å². The molecule has 3 heterocycles. The maximum Gasteiger partial charge on any atom is 0.246 e. The Hall–Kier alpha value is -4.46. The fourth-order valence-corrected chi connectivity index (χ4v) is 4.33. The van der Waals surface area contributed by atoms with Crippen molar-refractivity contribution in [2.45, 2.75) is 25.8 Å². The monoisotopic (exact) mass is 509 g/mol. The molecular formula is C26H25F2N5O4. The molecular weight excluding hydrogens is 484 g/mol. The van der Waals surface area contributed by atoms with Crippen molar-refractivity contribution in [3.8, 4) is 23.3 Å². The summed E-state index contributed by atoms with van der Waals surface area (Å²) in [5.74, 6) is 2.35. The third kappa shape index (κ3) is 4.46. The van der Waals surface area contributed by atoms with Crippen LogP contribution in [0.2, 0.25) is 0 Å². The van der Waals surface area contributed by atoms with Gasteiger partial charge in [-0.2, -0.15) is 5.10 Å². The van der Waals surface area contributed by atoms with E-state index >= 15 is 0 Å². The maximum absolute atomic E-state index is 14.9. The normalized spacial score (nSPS) is 14.8. The van der Waals surface area contributed by atoms with Gasteiger partial charge in [0.2, 0.25) is 5.91 Å². The van der Waals surface area contributed by atoms with Gasteiger partial charge in [-0.3, -0.25) is 14.3 Å². The SMILES string of the molecule is C=CC(=O)N1CCC(n2nc(C#Cc3c(F)c(OC)cc(OC)c3F)c3c(N)ncc(C(=O)CC)c32)C1. The molecule has 9 nitrogen and oxygen atoms in total. The van der Waals surface area contributed by atoms with Crippen LogP contribution in [-0.2, 0) is 4.79 Å². The molecule has 192 valence electrons. The number of carbonyl (C=O) groups is 2. The number of halogens is 2. The van der Waals surface area contributed by atoms with Crippen LogP contribution >= 0.6 is 0 Å². The van der Waals surface area contributed by atoms with Gasteiger partial charge in [-0.15, -0.1) is 0 Å². The first-order valence-corrected chi connectivity index (χ1v) is 11.5. The Labute approximate surface area is 211 Å². The summed E-state index contributed by atoms with van der Waals surface area (Å²) >= 11 is 0. The van der Waals surface area contributed by atoms with Crippen LogP contribution in [0, 0.1) is 23.5 Å². The Balaban J connectivity index is 1.93. The summed E-state index contributed by atoms with van der Waals surface area (Å²) in [5.41, 5.74) is 6.40. The molecule has 4 rings (SSSR count). The second-order valence-corrected chi connectivity index (χ2v) is 8.32. The molecule has 2 aromatic heterocycles. The number of hydrogen-bond acceptors (Lipinski definition) is 7. The van der Waals surface area contributed by atoms with Gasteiger partial charge in [0.1, 0.15) is 17.1 Å². The number of rotatable bonds is 6. The fourth-order valence-electron chi connectivity index (χ4n) is 4.33. The van der Waals surface area contributed by atoms with Gasteiger partial charge in [0.25, 0.3) is 0 Å². The first kappa shape index (κ1) is 25.6. The van der Waals surface area contributed by atoms with E-state index in [0.717, 1.165) is 6.07 Å². The van der Waals surface area contributed by atoms with E-state index in [4.69, 9.17) is 15.2 Å². The summed E-state index contributed by atoms with van der Waals surface area (Å²) < 4.78 is 41.3. The molecule has 1 aromatic carbocycles. The second-order valence-electron chi connectivity index (χ2n) is 8.32. The van der Waals surface area contributed by atoms with Crippen LogP contribution in [0.1, 0.15) is 47.4 Å². The van der Waals surface area contributed by atoms with E-state index in [-0.39, 0.29) is 52.6 Å². The first-order valence-electron chi connectivity index (χ1n) is 11.5. The fraction of sp³-hybridized carbons (Fsp3) is 0.308. The third-order valence-corrected chi connectivity index (χ3v) is 6.25. The Kier molecular flexibility index (Phi) is 7.11. The van der Waals surface area contributed by atoms with Gasteiger partial charge in [-0.25, -0.2) is 13.8 Å². The van der Waals surface area contributed by atoms with Crippen molar-refractivity contribution < 1.29 is 27.8 Å². The van der Waals surface area contributed by atoms with Crippen LogP contribution < -0.4 is 15.2 Å². The number of nitrogens with zero attached hydrogens (tertiary/aromatic N) is 4. The predicted octanol–water partition coefficient (Wildman–Crippen LogP) is 3.26. The van der Waals surface area contributed by atoms with E-state index < -0.39 is 17.2 Å². The minimum atomic E-state index is -1.00. The van der Waals surface area contributed by atoms with Crippen molar-refractivity contribution in [2.24, 2.45) is 0 Å². The molecule has 11 heteroatoms. The highest BCUT2D eigenvalue weighted by Crippen LogP contribution is 2.34. The molecule has 37 heavy (non-hydrogen) atoms. The summed E-state index contributed by atoms with van der Waals surface area (Å²) in [6.45, 7) is 6.04. The summed E-state index contributed by atoms with van der Waals surface area (Å²) in [6.07, 6.45) is 3.38. The van der Waals surface area contributed by atoms with Crippen LogP contribution in [0.25, 0.3) is 10.9 Å². The number of amides is 1. The number of hydrogen-bond donors (Lipinski definition) is 1. The molecule has 1 atom stereocenters. The summed E-state index contributed by atoms with van der Waals surface area (Å²) in [7, 11) is 2.48. The molecule has 1 aliphatic rings. The van der Waals surface area contributed by atoms with Crippen molar-refractivity contribution in [1.29, 1.82) is 0 Å². The number of carbonyl (C=O) groups excluding carboxylic acids is 2. The maximum atomic E-state index is 14.9. The largest absolute Gasteiger partial charge is 0.493 e. The number of pyridine rings is 1. The van der Waals surface area contributed by atoms with Gasteiger partial charge in [0.05, 0.1) is 36.7 Å². The molecule has 0 bridgehead atoms. The number of methoxy groups -OCH3 is 2. The number of nitrogen functional groups attached to an aromatic ring is 1. The number of fused-ring (bicyclic) bond motifs is 1. The van der Waals surface area contributed by atoms with Gasteiger partial charge in [0, 0.05) is 31.8 Å². The zero-order valence-electron chi connectivity index (χ0n) is 20.6. The van der Waals surface area contributed by atoms with Gasteiger partial charge >= 0.3 is 0 Å². The molecule has 0 aliphatic carbocycles. The molecule has 1 amide bonds. The van der Waals surface area contributed by atoms with Crippen LogP contribution in [0.3, 0.4) is 0 Å². The average Bonchev–Trinajstić information content (AvgIpc) is 3.54. The van der Waals surface area contributed by atoms with Crippen LogP contribution in [0.4, 0.5) is 14.6 Å². The Morgan fingerprint density at radius 2 is 1.92 bits per heavy atom. The van der Waals surface area contributed by atoms with Crippen LogP contribution in [-0.4, -0.2) is 58.7 Å². The molecule has 1 unspecified atom stereocenters. The minimum Gasteiger partial charge on any atom is -0.493 e. The number of ketones is 1. The Morgan fingerprint density at radius 1 is 1.24 bits per heavy atom. The zero-order chi connectivity index (χ0) is 26.9. The molecule has 3 aromatic rings. The first-order chi connectivity index (χ1) is 17.7. The Bertz CT molecular complexity index is 1460. The lowest BCUT2D eigenvalue weighted by atomic mass is 10.1. The highest BCUT2D eigenvalue weighted by atomic mass is 19.1. The van der Waals surface area contributed by atoms with Crippen LogP contribution in [0.5, 0.6) is 11.5 Å². The second kappa shape index (κ2) is 10.3. The lowest BCUT2D eigenvalue weighted by Gasteiger charge is -2.16. The topological polar surface area (TPSA) is 113 Å². The molecule has 0 radical (unpaired) electrons. The number of Topliss-reactive ketones (excluding diaryl/α,β-unsaturated/α-hetero) is 1. The van der Waals surface area contributed by atoms with E-state index in [0.29, 0.717) is 30.6 Å². The van der Waals surface area contributed by atoms with E-state index in [9.17, 15) is 18.4 Å². The number of ether oxygens (including phenoxy) is 2. The lowest BCUT2D eigenvalue weighted by Crippen LogP contribution is -2.27. The molecule has 1 fully saturated rings. The molecule has 2 N–H and O–H groups in total. The summed E-state index contributed by atoms with van der Waals surface area (Å²) in [4.78, 5) is 30.7. The van der Waals surface area contributed by atoms with E-state index in [1.165, 1.54) is 26.5 Å². The predicted molar refractivity (Wildman–Crippen MR) is 132 cm³/mol. The van der Waals surface area contributed by atoms with Gasteiger partial charge in [0.15, 0.2) is 28.9 Å². The van der Waals surface area contributed by atoms with E-state index in [2.05, 4.69) is 28.5 Å². The number of nitrogens with two attached hydrogens (primary N) is 1. The van der Waals surface area contributed by atoms with Gasteiger partial charge in [-0.05, 0) is 18.4 Å². The number of anilines is 1. The molecule has 1 saturated heterocycles. The average molecular weight is 510 g/mol. The van der Waals surface area contributed by atoms with Gasteiger partial charge < -0.3 is 20.1 Å². The summed E-state index contributed by atoms with van der Waals surface area (Å²) in [6, 6.07) is 0.790. The smallest absolute Gasteiger partial charge is 0.246 e. The van der Waals surface area contributed by atoms with Crippen molar-refractivity contribution in [2.75, 3.05) is 33.0 Å². The van der Waals surface area contributed by atoms with Crippen LogP contribution in [0.15, 0.2) is 24.9 Å². The van der Waals surface area contributed by atoms with Crippen molar-refractivity contribution in [1.82, 2.24) is 19.7 Å². The molecule has 1 aliphatic heterocycles. The highest BCUT2D eigenvalue weighted by molar-refractivity contribution is 6.09. The third-order valence-electron chi connectivity index (χ3n) is 6.25. The Morgan fingerprint density at radius 3 is 2.51 bits per heavy atom. The number of aromatic nitrogens is 3. The van der Waals surface area contributed by atoms with E-state index in [1.807, 2.05) is 0 Å². The quantitative estimate of drug-likeness (QED) is 0.308. The molecule has 0 spiro atoms.